The Kier molecular flexibility index (Phi) is 4.22. The Morgan fingerprint density at radius 3 is 2.40 bits per heavy atom. The molecular formula is C13H9BrF4OS. The first-order valence-corrected chi connectivity index (χ1v) is 7.11. The maximum atomic E-state index is 13.2. The van der Waals surface area contributed by atoms with Gasteiger partial charge >= 0.3 is 6.18 Å². The zero-order valence-corrected chi connectivity index (χ0v) is 12.5. The minimum Gasteiger partial charge on any atom is -0.383 e. The van der Waals surface area contributed by atoms with Gasteiger partial charge in [-0.15, -0.1) is 11.3 Å². The summed E-state index contributed by atoms with van der Waals surface area (Å²) in [5.41, 5.74) is -0.490. The van der Waals surface area contributed by atoms with Gasteiger partial charge in [-0.2, -0.15) is 13.2 Å². The van der Waals surface area contributed by atoms with E-state index >= 15 is 0 Å². The second kappa shape index (κ2) is 5.46. The molecule has 0 aliphatic carbocycles. The molecule has 7 heteroatoms. The van der Waals surface area contributed by atoms with Crippen LogP contribution < -0.4 is 0 Å². The standard InChI is InChI=1S/C13H9BrF4OS/c1-6-4-10(20-12(6)14)11(19)7-2-3-9(15)8(5-7)13(16,17)18/h2-5,11,19H,1H3. The van der Waals surface area contributed by atoms with Gasteiger partial charge in [0.2, 0.25) is 0 Å². The summed E-state index contributed by atoms with van der Waals surface area (Å²) in [6.07, 6.45) is -6.00. The normalized spacial score (nSPS) is 13.6. The first-order chi connectivity index (χ1) is 9.20. The number of thiophene rings is 1. The van der Waals surface area contributed by atoms with E-state index in [1.165, 1.54) is 11.3 Å². The molecule has 0 saturated heterocycles. The maximum absolute atomic E-state index is 13.2. The molecule has 0 fully saturated rings. The summed E-state index contributed by atoms with van der Waals surface area (Å²) >= 11 is 4.51. The Bertz CT molecular complexity index is 616. The Morgan fingerprint density at radius 1 is 1.25 bits per heavy atom. The van der Waals surface area contributed by atoms with Gasteiger partial charge in [0.25, 0.3) is 0 Å². The zero-order valence-electron chi connectivity index (χ0n) is 10.1. The van der Waals surface area contributed by atoms with Gasteiger partial charge in [0, 0.05) is 4.88 Å². The van der Waals surface area contributed by atoms with Crippen LogP contribution in [0.4, 0.5) is 17.6 Å². The maximum Gasteiger partial charge on any atom is 0.419 e. The molecule has 0 spiro atoms. The van der Waals surface area contributed by atoms with E-state index in [2.05, 4.69) is 15.9 Å². The fourth-order valence-corrected chi connectivity index (χ4v) is 3.30. The van der Waals surface area contributed by atoms with Crippen molar-refractivity contribution >= 4 is 27.3 Å². The summed E-state index contributed by atoms with van der Waals surface area (Å²) < 4.78 is 51.9. The molecule has 0 amide bonds. The molecule has 2 rings (SSSR count). The van der Waals surface area contributed by atoms with Crippen LogP contribution in [0.3, 0.4) is 0 Å². The first kappa shape index (κ1) is 15.5. The van der Waals surface area contributed by atoms with Gasteiger partial charge in [0.15, 0.2) is 0 Å². The molecule has 1 N–H and O–H groups in total. The molecule has 1 unspecified atom stereocenters. The van der Waals surface area contributed by atoms with Gasteiger partial charge in [-0.25, -0.2) is 4.39 Å². The van der Waals surface area contributed by atoms with Crippen molar-refractivity contribution < 1.29 is 22.7 Å². The van der Waals surface area contributed by atoms with Gasteiger partial charge in [-0.1, -0.05) is 6.07 Å². The molecule has 2 aromatic rings. The third-order valence-electron chi connectivity index (χ3n) is 2.76. The van der Waals surface area contributed by atoms with E-state index in [0.29, 0.717) is 10.9 Å². The van der Waals surface area contributed by atoms with Crippen molar-refractivity contribution in [1.82, 2.24) is 0 Å². The van der Waals surface area contributed by atoms with Crippen molar-refractivity contribution in [3.63, 3.8) is 0 Å². The molecule has 1 aromatic carbocycles. The molecule has 1 heterocycles. The Labute approximate surface area is 125 Å². The van der Waals surface area contributed by atoms with Crippen LogP contribution in [0.5, 0.6) is 0 Å². The lowest BCUT2D eigenvalue weighted by atomic mass is 10.0. The molecule has 0 radical (unpaired) electrons. The predicted molar refractivity (Wildman–Crippen MR) is 72.2 cm³/mol. The summed E-state index contributed by atoms with van der Waals surface area (Å²) in [4.78, 5) is 0.495. The van der Waals surface area contributed by atoms with E-state index in [1.54, 1.807) is 6.07 Å². The SMILES string of the molecule is Cc1cc(C(O)c2ccc(F)c(C(F)(F)F)c2)sc1Br. The third-order valence-corrected chi connectivity index (χ3v) is 4.95. The number of hydrogen-bond acceptors (Lipinski definition) is 2. The Morgan fingerprint density at radius 2 is 1.90 bits per heavy atom. The van der Waals surface area contributed by atoms with Gasteiger partial charge < -0.3 is 5.11 Å². The first-order valence-electron chi connectivity index (χ1n) is 5.50. The highest BCUT2D eigenvalue weighted by molar-refractivity contribution is 9.11. The fourth-order valence-electron chi connectivity index (χ4n) is 1.71. The van der Waals surface area contributed by atoms with Crippen molar-refractivity contribution in [1.29, 1.82) is 0 Å². The molecular weight excluding hydrogens is 360 g/mol. The summed E-state index contributed by atoms with van der Waals surface area (Å²) in [7, 11) is 0. The number of benzene rings is 1. The van der Waals surface area contributed by atoms with Gasteiger partial charge in [-0.3, -0.25) is 0 Å². The number of aliphatic hydroxyl groups is 1. The monoisotopic (exact) mass is 368 g/mol. The van der Waals surface area contributed by atoms with Crippen LogP contribution in [0.1, 0.15) is 27.7 Å². The largest absolute Gasteiger partial charge is 0.419 e. The minimum absolute atomic E-state index is 0.00692. The summed E-state index contributed by atoms with van der Waals surface area (Å²) in [5.74, 6) is -1.35. The number of aliphatic hydroxyl groups excluding tert-OH is 1. The molecule has 0 bridgehead atoms. The predicted octanol–water partition coefficient (Wildman–Crippen LogP) is 5.06. The van der Waals surface area contributed by atoms with Crippen LogP contribution in [-0.2, 0) is 6.18 Å². The van der Waals surface area contributed by atoms with E-state index < -0.39 is 23.7 Å². The number of rotatable bonds is 2. The van der Waals surface area contributed by atoms with E-state index in [0.717, 1.165) is 21.5 Å². The summed E-state index contributed by atoms with van der Waals surface area (Å²) in [6.45, 7) is 1.81. The van der Waals surface area contributed by atoms with Crippen molar-refractivity contribution in [2.24, 2.45) is 0 Å². The molecule has 0 saturated carbocycles. The second-order valence-corrected chi connectivity index (χ2v) is 6.65. The molecule has 0 aliphatic rings. The molecule has 1 atom stereocenters. The van der Waals surface area contributed by atoms with E-state index in [4.69, 9.17) is 0 Å². The van der Waals surface area contributed by atoms with Crippen LogP contribution in [0.25, 0.3) is 0 Å². The zero-order chi connectivity index (χ0) is 15.1. The topological polar surface area (TPSA) is 20.2 Å². The van der Waals surface area contributed by atoms with E-state index in [1.807, 2.05) is 6.92 Å². The average Bonchev–Trinajstić information content (AvgIpc) is 2.68. The van der Waals surface area contributed by atoms with Gasteiger partial charge in [-0.05, 0) is 52.2 Å². The van der Waals surface area contributed by atoms with Crippen molar-refractivity contribution in [2.45, 2.75) is 19.2 Å². The van der Waals surface area contributed by atoms with Gasteiger partial charge in [0.05, 0.1) is 9.35 Å². The third kappa shape index (κ3) is 3.05. The van der Waals surface area contributed by atoms with Gasteiger partial charge in [0.1, 0.15) is 11.9 Å². The highest BCUT2D eigenvalue weighted by Gasteiger charge is 2.34. The molecule has 0 aliphatic heterocycles. The van der Waals surface area contributed by atoms with Crippen LogP contribution in [-0.4, -0.2) is 5.11 Å². The lowest BCUT2D eigenvalue weighted by Gasteiger charge is -2.13. The molecule has 1 nitrogen and oxygen atoms in total. The van der Waals surface area contributed by atoms with Crippen LogP contribution in [0.15, 0.2) is 28.1 Å². The lowest BCUT2D eigenvalue weighted by molar-refractivity contribution is -0.140. The average molecular weight is 369 g/mol. The Balaban J connectivity index is 2.43. The van der Waals surface area contributed by atoms with Crippen molar-refractivity contribution in [3.8, 4) is 0 Å². The minimum atomic E-state index is -4.79. The number of hydrogen-bond donors (Lipinski definition) is 1. The highest BCUT2D eigenvalue weighted by Crippen LogP contribution is 2.37. The van der Waals surface area contributed by atoms with Crippen LogP contribution in [0, 0.1) is 12.7 Å². The van der Waals surface area contributed by atoms with E-state index in [-0.39, 0.29) is 5.56 Å². The second-order valence-electron chi connectivity index (χ2n) is 4.25. The number of alkyl halides is 3. The quantitative estimate of drug-likeness (QED) is 0.734. The van der Waals surface area contributed by atoms with Crippen LogP contribution in [0.2, 0.25) is 0 Å². The number of halogens is 5. The molecule has 20 heavy (non-hydrogen) atoms. The smallest absolute Gasteiger partial charge is 0.383 e. The van der Waals surface area contributed by atoms with Crippen LogP contribution >= 0.6 is 27.3 Å². The summed E-state index contributed by atoms with van der Waals surface area (Å²) in [6, 6.07) is 4.19. The molecule has 108 valence electrons. The summed E-state index contributed by atoms with van der Waals surface area (Å²) in [5, 5.41) is 10.1. The molecule has 1 aromatic heterocycles. The van der Waals surface area contributed by atoms with E-state index in [9.17, 15) is 22.7 Å². The lowest BCUT2D eigenvalue weighted by Crippen LogP contribution is -2.10. The number of aryl methyl sites for hydroxylation is 1. The fraction of sp³-hybridized carbons (Fsp3) is 0.231. The van der Waals surface area contributed by atoms with Crippen molar-refractivity contribution in [3.05, 3.63) is 55.4 Å². The Hall–Kier alpha value is -0.920. The highest BCUT2D eigenvalue weighted by atomic mass is 79.9. The van der Waals surface area contributed by atoms with Crippen molar-refractivity contribution in [2.75, 3.05) is 0 Å².